The van der Waals surface area contributed by atoms with Crippen LogP contribution in [0.4, 0.5) is 0 Å². The second-order valence-corrected chi connectivity index (χ2v) is 4.13. The topological polar surface area (TPSA) is 42.2 Å². The summed E-state index contributed by atoms with van der Waals surface area (Å²) in [5.74, 6) is 2.12. The average molecular weight is 207 g/mol. The molecule has 1 aromatic heterocycles. The van der Waals surface area contributed by atoms with Crippen LogP contribution in [0.15, 0.2) is 4.52 Å². The van der Waals surface area contributed by atoms with Gasteiger partial charge in [0, 0.05) is 6.42 Å². The molecule has 0 spiro atoms. The van der Waals surface area contributed by atoms with Gasteiger partial charge in [-0.05, 0) is 25.9 Å². The molecule has 0 bridgehead atoms. The van der Waals surface area contributed by atoms with Crippen molar-refractivity contribution < 1.29 is 4.52 Å². The van der Waals surface area contributed by atoms with Crippen LogP contribution >= 0.6 is 0 Å². The van der Waals surface area contributed by atoms with Crippen molar-refractivity contribution in [2.24, 2.45) is 0 Å². The Hall–Kier alpha value is -0.835. The summed E-state index contributed by atoms with van der Waals surface area (Å²) in [6.45, 7) is 6.53. The number of rotatable bonds is 3. The van der Waals surface area contributed by atoms with E-state index in [0.29, 0.717) is 5.92 Å². The van der Waals surface area contributed by atoms with Crippen molar-refractivity contribution >= 4 is 7.41 Å². The molecule has 1 aliphatic rings. The van der Waals surface area contributed by atoms with Gasteiger partial charge in [-0.2, -0.15) is 4.98 Å². The molecule has 0 aliphatic carbocycles. The molecule has 82 valence electrons. The van der Waals surface area contributed by atoms with Crippen molar-refractivity contribution in [3.8, 4) is 0 Å². The summed E-state index contributed by atoms with van der Waals surface area (Å²) in [6, 6.07) is 0. The summed E-state index contributed by atoms with van der Waals surface area (Å²) in [7, 11) is 1.12. The van der Waals surface area contributed by atoms with Gasteiger partial charge in [-0.3, -0.25) is 0 Å². The minimum Gasteiger partial charge on any atom is -0.345 e. The highest BCUT2D eigenvalue weighted by atomic mass is 16.5. The van der Waals surface area contributed by atoms with Crippen molar-refractivity contribution in [1.82, 2.24) is 15.0 Å². The van der Waals surface area contributed by atoms with Crippen LogP contribution in [0, 0.1) is 0 Å². The largest absolute Gasteiger partial charge is 0.345 e. The SMILES string of the molecule is CBN1CCCC(c2nc(CC)no2)C1. The first-order chi connectivity index (χ1) is 7.33. The third-order valence-electron chi connectivity index (χ3n) is 3.10. The van der Waals surface area contributed by atoms with Crippen molar-refractivity contribution in [3.63, 3.8) is 0 Å². The Morgan fingerprint density at radius 3 is 3.13 bits per heavy atom. The molecule has 0 saturated carbocycles. The van der Waals surface area contributed by atoms with E-state index in [1.165, 1.54) is 19.4 Å². The summed E-state index contributed by atoms with van der Waals surface area (Å²) >= 11 is 0. The quantitative estimate of drug-likeness (QED) is 0.698. The maximum Gasteiger partial charge on any atom is 0.231 e. The molecule has 2 rings (SSSR count). The third kappa shape index (κ3) is 2.40. The van der Waals surface area contributed by atoms with Crippen LogP contribution in [0.25, 0.3) is 0 Å². The van der Waals surface area contributed by atoms with Gasteiger partial charge in [0.05, 0.1) is 5.92 Å². The number of nitrogens with zero attached hydrogens (tertiary/aromatic N) is 3. The van der Waals surface area contributed by atoms with Gasteiger partial charge >= 0.3 is 0 Å². The van der Waals surface area contributed by atoms with Crippen molar-refractivity contribution in [1.29, 1.82) is 0 Å². The van der Waals surface area contributed by atoms with Crippen LogP contribution in [-0.2, 0) is 6.42 Å². The predicted octanol–water partition coefficient (Wildman–Crippen LogP) is 1.21. The van der Waals surface area contributed by atoms with Gasteiger partial charge in [0.15, 0.2) is 5.82 Å². The van der Waals surface area contributed by atoms with Crippen LogP contribution in [0.3, 0.4) is 0 Å². The number of piperidine rings is 1. The molecule has 1 saturated heterocycles. The van der Waals surface area contributed by atoms with Crippen LogP contribution < -0.4 is 0 Å². The summed E-state index contributed by atoms with van der Waals surface area (Å²) in [4.78, 5) is 6.87. The third-order valence-corrected chi connectivity index (χ3v) is 3.10. The van der Waals surface area contributed by atoms with E-state index in [9.17, 15) is 0 Å². The lowest BCUT2D eigenvalue weighted by Crippen LogP contribution is -2.35. The van der Waals surface area contributed by atoms with Gasteiger partial charge in [-0.25, -0.2) is 0 Å². The fourth-order valence-electron chi connectivity index (χ4n) is 2.12. The molecule has 2 heterocycles. The molecular formula is C10H18BN3O. The molecule has 1 unspecified atom stereocenters. The average Bonchev–Trinajstić information content (AvgIpc) is 2.78. The van der Waals surface area contributed by atoms with Crippen LogP contribution in [0.1, 0.15) is 37.4 Å². The maximum atomic E-state index is 5.30. The molecular weight excluding hydrogens is 189 g/mol. The molecule has 0 radical (unpaired) electrons. The molecule has 15 heavy (non-hydrogen) atoms. The molecule has 5 heteroatoms. The molecule has 4 nitrogen and oxygen atoms in total. The Balaban J connectivity index is 2.03. The number of hydrogen-bond acceptors (Lipinski definition) is 4. The van der Waals surface area contributed by atoms with Gasteiger partial charge in [-0.15, -0.1) is 0 Å². The molecule has 1 aliphatic heterocycles. The lowest BCUT2D eigenvalue weighted by molar-refractivity contribution is 0.268. The maximum absolute atomic E-state index is 5.30. The Morgan fingerprint density at radius 2 is 2.47 bits per heavy atom. The zero-order chi connectivity index (χ0) is 10.7. The Morgan fingerprint density at radius 1 is 1.60 bits per heavy atom. The van der Waals surface area contributed by atoms with Crippen molar-refractivity contribution in [3.05, 3.63) is 11.7 Å². The fourth-order valence-corrected chi connectivity index (χ4v) is 2.12. The van der Waals surface area contributed by atoms with Crippen LogP contribution in [0.5, 0.6) is 0 Å². The van der Waals surface area contributed by atoms with E-state index in [1.54, 1.807) is 0 Å². The van der Waals surface area contributed by atoms with Gasteiger partial charge in [-0.1, -0.05) is 18.9 Å². The minimum absolute atomic E-state index is 0.450. The highest BCUT2D eigenvalue weighted by molar-refractivity contribution is 6.29. The summed E-state index contributed by atoms with van der Waals surface area (Å²) in [5.41, 5.74) is 0. The molecule has 1 atom stereocenters. The van der Waals surface area contributed by atoms with E-state index in [1.807, 2.05) is 6.92 Å². The monoisotopic (exact) mass is 207 g/mol. The van der Waals surface area contributed by atoms with Gasteiger partial charge in [0.25, 0.3) is 0 Å². The van der Waals surface area contributed by atoms with Gasteiger partial charge < -0.3 is 9.33 Å². The van der Waals surface area contributed by atoms with E-state index < -0.39 is 0 Å². The summed E-state index contributed by atoms with van der Waals surface area (Å²) in [6.07, 6.45) is 3.28. The molecule has 0 aromatic carbocycles. The standard InChI is InChI=1S/C10H18BN3O/c1-3-9-12-10(15-13-9)8-5-4-6-14(7-8)11-2/h8,11H,3-7H2,1-2H3. The van der Waals surface area contributed by atoms with E-state index >= 15 is 0 Å². The lowest BCUT2D eigenvalue weighted by atomic mass is 9.88. The molecule has 0 amide bonds. The number of aryl methyl sites for hydroxylation is 1. The Labute approximate surface area is 91.3 Å². The lowest BCUT2D eigenvalue weighted by Gasteiger charge is -2.29. The highest BCUT2D eigenvalue weighted by Crippen LogP contribution is 2.25. The van der Waals surface area contributed by atoms with Crippen LogP contribution in [-0.4, -0.2) is 35.5 Å². The Kier molecular flexibility index (Phi) is 3.41. The fraction of sp³-hybridized carbons (Fsp3) is 0.800. The number of hydrogen-bond donors (Lipinski definition) is 0. The van der Waals surface area contributed by atoms with E-state index in [2.05, 4.69) is 21.8 Å². The first-order valence-electron chi connectivity index (χ1n) is 5.88. The molecule has 1 fully saturated rings. The normalized spacial score (nSPS) is 22.9. The predicted molar refractivity (Wildman–Crippen MR) is 60.2 cm³/mol. The zero-order valence-electron chi connectivity index (χ0n) is 9.57. The van der Waals surface area contributed by atoms with Crippen LogP contribution in [0.2, 0.25) is 6.82 Å². The van der Waals surface area contributed by atoms with E-state index in [4.69, 9.17) is 4.52 Å². The second-order valence-electron chi connectivity index (χ2n) is 4.13. The van der Waals surface area contributed by atoms with Gasteiger partial charge in [0.1, 0.15) is 0 Å². The number of aromatic nitrogens is 2. The summed E-state index contributed by atoms with van der Waals surface area (Å²) < 4.78 is 5.30. The summed E-state index contributed by atoms with van der Waals surface area (Å²) in [5, 5.41) is 3.96. The molecule has 1 aromatic rings. The second kappa shape index (κ2) is 4.79. The van der Waals surface area contributed by atoms with Crippen molar-refractivity contribution in [2.45, 2.75) is 38.9 Å². The van der Waals surface area contributed by atoms with Crippen molar-refractivity contribution in [2.75, 3.05) is 13.1 Å². The minimum atomic E-state index is 0.450. The zero-order valence-corrected chi connectivity index (χ0v) is 9.57. The first kappa shape index (κ1) is 10.7. The smallest absolute Gasteiger partial charge is 0.231 e. The highest BCUT2D eigenvalue weighted by Gasteiger charge is 2.24. The van der Waals surface area contributed by atoms with Gasteiger partial charge in [0.2, 0.25) is 13.3 Å². The Bertz CT molecular complexity index is 315. The first-order valence-corrected chi connectivity index (χ1v) is 5.88. The van der Waals surface area contributed by atoms with E-state index in [-0.39, 0.29) is 0 Å². The van der Waals surface area contributed by atoms with E-state index in [0.717, 1.165) is 32.1 Å². The molecule has 0 N–H and O–H groups in total.